The van der Waals surface area contributed by atoms with Gasteiger partial charge >= 0.3 is 0 Å². The van der Waals surface area contributed by atoms with Crippen LogP contribution in [-0.2, 0) is 10.8 Å². The molecule has 94 valence electrons. The molecule has 1 saturated heterocycles. The van der Waals surface area contributed by atoms with Crippen molar-refractivity contribution in [3.05, 3.63) is 34.9 Å². The first-order valence-corrected chi connectivity index (χ1v) is 8.17. The first kappa shape index (κ1) is 12.1. The molecule has 0 unspecified atom stereocenters. The van der Waals surface area contributed by atoms with Gasteiger partial charge in [0, 0.05) is 57.1 Å². The number of hydrogen-bond acceptors (Lipinski definition) is 3. The van der Waals surface area contributed by atoms with Crippen molar-refractivity contribution in [3.63, 3.8) is 0 Å². The smallest absolute Gasteiger partial charge is 0.0864 e. The Bertz CT molecular complexity index is 607. The van der Waals surface area contributed by atoms with E-state index < -0.39 is 10.8 Å². The molecule has 0 aliphatic carbocycles. The maximum atomic E-state index is 11.4. The lowest BCUT2D eigenvalue weighted by Gasteiger charge is -2.29. The second kappa shape index (κ2) is 4.97. The van der Waals surface area contributed by atoms with Gasteiger partial charge in [-0.15, -0.1) is 0 Å². The van der Waals surface area contributed by atoms with E-state index in [1.165, 1.54) is 5.69 Å². The van der Waals surface area contributed by atoms with Crippen molar-refractivity contribution in [1.29, 1.82) is 0 Å². The highest BCUT2D eigenvalue weighted by Crippen LogP contribution is 2.30. The summed E-state index contributed by atoms with van der Waals surface area (Å²) in [6, 6.07) is 8.17. The second-order valence-electron chi connectivity index (χ2n) is 4.30. The lowest BCUT2D eigenvalue weighted by Crippen LogP contribution is -2.37. The molecular weight excluding hydrogens is 312 g/mol. The van der Waals surface area contributed by atoms with Gasteiger partial charge in [0.15, 0.2) is 0 Å². The molecule has 0 amide bonds. The highest BCUT2D eigenvalue weighted by atomic mass is 79.9. The predicted octanol–water partition coefficient (Wildman–Crippen LogP) is 2.57. The minimum atomic E-state index is -0.639. The van der Waals surface area contributed by atoms with Crippen LogP contribution in [0.25, 0.3) is 10.9 Å². The Labute approximate surface area is 117 Å². The van der Waals surface area contributed by atoms with E-state index in [4.69, 9.17) is 0 Å². The van der Waals surface area contributed by atoms with Crippen molar-refractivity contribution in [2.24, 2.45) is 0 Å². The number of pyridine rings is 1. The lowest BCUT2D eigenvalue weighted by molar-refractivity contribution is 0.673. The standard InChI is InChI=1S/C13H13BrN2OS/c14-11-3-1-2-10-12(4-5-15-13(10)11)16-6-8-18(17)9-7-16/h1-5H,6-9H2. The Kier molecular flexibility index (Phi) is 3.35. The van der Waals surface area contributed by atoms with Crippen LogP contribution in [0.4, 0.5) is 5.69 Å². The minimum absolute atomic E-state index is 0.639. The highest BCUT2D eigenvalue weighted by molar-refractivity contribution is 9.10. The molecule has 1 aromatic carbocycles. The number of para-hydroxylation sites is 1. The van der Waals surface area contributed by atoms with Crippen LogP contribution in [0.2, 0.25) is 0 Å². The van der Waals surface area contributed by atoms with Crippen LogP contribution in [0, 0.1) is 0 Å². The van der Waals surface area contributed by atoms with Crippen LogP contribution >= 0.6 is 15.9 Å². The van der Waals surface area contributed by atoms with Crippen molar-refractivity contribution in [2.45, 2.75) is 0 Å². The highest BCUT2D eigenvalue weighted by Gasteiger charge is 2.17. The maximum absolute atomic E-state index is 11.4. The number of anilines is 1. The Morgan fingerprint density at radius 1 is 1.22 bits per heavy atom. The van der Waals surface area contributed by atoms with Crippen LogP contribution in [0.15, 0.2) is 34.9 Å². The number of rotatable bonds is 1. The van der Waals surface area contributed by atoms with Gasteiger partial charge in [0.2, 0.25) is 0 Å². The first-order chi connectivity index (χ1) is 8.75. The summed E-state index contributed by atoms with van der Waals surface area (Å²) in [7, 11) is -0.639. The zero-order chi connectivity index (χ0) is 12.5. The molecule has 0 spiro atoms. The average Bonchev–Trinajstić information content (AvgIpc) is 2.40. The minimum Gasteiger partial charge on any atom is -0.369 e. The summed E-state index contributed by atoms with van der Waals surface area (Å²) in [5, 5.41) is 1.15. The molecule has 3 rings (SSSR count). The molecule has 18 heavy (non-hydrogen) atoms. The summed E-state index contributed by atoms with van der Waals surface area (Å²) in [6.45, 7) is 1.72. The maximum Gasteiger partial charge on any atom is 0.0864 e. The predicted molar refractivity (Wildman–Crippen MR) is 79.5 cm³/mol. The van der Waals surface area contributed by atoms with Crippen molar-refractivity contribution in [2.75, 3.05) is 29.5 Å². The van der Waals surface area contributed by atoms with Crippen LogP contribution in [0.5, 0.6) is 0 Å². The molecule has 2 aromatic rings. The van der Waals surface area contributed by atoms with Gasteiger partial charge in [-0.25, -0.2) is 0 Å². The van der Waals surface area contributed by atoms with Gasteiger partial charge in [-0.3, -0.25) is 9.19 Å². The Morgan fingerprint density at radius 3 is 2.78 bits per heavy atom. The van der Waals surface area contributed by atoms with Crippen LogP contribution in [-0.4, -0.2) is 33.8 Å². The van der Waals surface area contributed by atoms with Crippen molar-refractivity contribution < 1.29 is 4.21 Å². The Hall–Kier alpha value is -0.940. The number of fused-ring (bicyclic) bond motifs is 1. The van der Waals surface area contributed by atoms with Crippen LogP contribution in [0.1, 0.15) is 0 Å². The summed E-state index contributed by atoms with van der Waals surface area (Å²) in [6.07, 6.45) is 1.84. The van der Waals surface area contributed by atoms with Gasteiger partial charge in [-0.05, 0) is 28.1 Å². The monoisotopic (exact) mass is 324 g/mol. The number of hydrogen-bond donors (Lipinski definition) is 0. The van der Waals surface area contributed by atoms with Crippen molar-refractivity contribution in [1.82, 2.24) is 4.98 Å². The number of benzene rings is 1. The Balaban J connectivity index is 2.07. The third-order valence-corrected chi connectivity index (χ3v) is 5.13. The van der Waals surface area contributed by atoms with E-state index in [-0.39, 0.29) is 0 Å². The number of halogens is 1. The van der Waals surface area contributed by atoms with E-state index in [1.807, 2.05) is 24.4 Å². The largest absolute Gasteiger partial charge is 0.369 e. The van der Waals surface area contributed by atoms with Crippen molar-refractivity contribution >= 4 is 43.3 Å². The summed E-state index contributed by atoms with van der Waals surface area (Å²) in [5.74, 6) is 1.52. The van der Waals surface area contributed by atoms with Gasteiger partial charge in [-0.2, -0.15) is 0 Å². The third kappa shape index (κ3) is 2.17. The summed E-state index contributed by atoms with van der Waals surface area (Å²) >= 11 is 3.53. The fraction of sp³-hybridized carbons (Fsp3) is 0.308. The average molecular weight is 325 g/mol. The number of nitrogens with zero attached hydrogens (tertiary/aromatic N) is 2. The van der Waals surface area contributed by atoms with Gasteiger partial charge in [0.1, 0.15) is 0 Å². The lowest BCUT2D eigenvalue weighted by atomic mass is 10.1. The molecule has 1 aliphatic rings. The Morgan fingerprint density at radius 2 is 2.00 bits per heavy atom. The second-order valence-corrected chi connectivity index (χ2v) is 6.85. The van der Waals surface area contributed by atoms with E-state index in [1.54, 1.807) is 0 Å². The molecule has 1 aliphatic heterocycles. The molecular formula is C13H13BrN2OS. The molecule has 2 heterocycles. The third-order valence-electron chi connectivity index (χ3n) is 3.22. The van der Waals surface area contributed by atoms with Crippen LogP contribution in [0.3, 0.4) is 0 Å². The van der Waals surface area contributed by atoms with Crippen molar-refractivity contribution in [3.8, 4) is 0 Å². The molecule has 5 heteroatoms. The summed E-state index contributed by atoms with van der Waals surface area (Å²) in [4.78, 5) is 6.72. The molecule has 1 fully saturated rings. The summed E-state index contributed by atoms with van der Waals surface area (Å²) in [5.41, 5.74) is 2.18. The SMILES string of the molecule is O=S1CCN(c2ccnc3c(Br)cccc23)CC1. The summed E-state index contributed by atoms with van der Waals surface area (Å²) < 4.78 is 12.4. The fourth-order valence-corrected chi connectivity index (χ4v) is 3.80. The topological polar surface area (TPSA) is 33.2 Å². The molecule has 0 radical (unpaired) electrons. The molecule has 0 atom stereocenters. The van der Waals surface area contributed by atoms with Crippen LogP contribution < -0.4 is 4.90 Å². The molecule has 0 bridgehead atoms. The fourth-order valence-electron chi connectivity index (χ4n) is 2.28. The molecule has 3 nitrogen and oxygen atoms in total. The molecule has 1 aromatic heterocycles. The first-order valence-electron chi connectivity index (χ1n) is 5.89. The van der Waals surface area contributed by atoms with Gasteiger partial charge in [-0.1, -0.05) is 12.1 Å². The number of aromatic nitrogens is 1. The van der Waals surface area contributed by atoms with E-state index in [0.717, 1.165) is 40.0 Å². The van der Waals surface area contributed by atoms with E-state index in [0.29, 0.717) is 0 Å². The molecule has 0 saturated carbocycles. The van der Waals surface area contributed by atoms with E-state index in [2.05, 4.69) is 31.9 Å². The van der Waals surface area contributed by atoms with E-state index >= 15 is 0 Å². The zero-order valence-corrected chi connectivity index (χ0v) is 12.2. The van der Waals surface area contributed by atoms with Gasteiger partial charge < -0.3 is 4.90 Å². The van der Waals surface area contributed by atoms with Gasteiger partial charge in [0.25, 0.3) is 0 Å². The zero-order valence-electron chi connectivity index (χ0n) is 9.80. The quantitative estimate of drug-likeness (QED) is 0.808. The van der Waals surface area contributed by atoms with Gasteiger partial charge in [0.05, 0.1) is 5.52 Å². The normalized spacial score (nSPS) is 17.3. The van der Waals surface area contributed by atoms with E-state index in [9.17, 15) is 4.21 Å². The molecule has 0 N–H and O–H groups in total.